The van der Waals surface area contributed by atoms with Crippen LogP contribution in [0.4, 0.5) is 0 Å². The molecule has 0 amide bonds. The third kappa shape index (κ3) is 5.89. The summed E-state index contributed by atoms with van der Waals surface area (Å²) in [6, 6.07) is 0. The fraction of sp³-hybridized carbons (Fsp3) is 0.833. The van der Waals surface area contributed by atoms with Gasteiger partial charge in [0.15, 0.2) is 8.24 Å². The van der Waals surface area contributed by atoms with E-state index in [-0.39, 0.29) is 0 Å². The van der Waals surface area contributed by atoms with Gasteiger partial charge in [0.2, 0.25) is 0 Å². The largest absolute Gasteiger partial charge is 0.334 e. The van der Waals surface area contributed by atoms with Gasteiger partial charge in [-0.1, -0.05) is 6.92 Å². The fourth-order valence-corrected chi connectivity index (χ4v) is 1.10. The minimum atomic E-state index is -1.11. The lowest BCUT2D eigenvalue weighted by molar-refractivity contribution is 1.32. The average Bonchev–Trinajstić information content (AvgIpc) is 1.59. The van der Waals surface area contributed by atoms with Gasteiger partial charge >= 0.3 is 0 Å². The molecule has 0 fully saturated rings. The first kappa shape index (κ1) is 7.89. The highest BCUT2D eigenvalue weighted by molar-refractivity contribution is 6.75. The minimum absolute atomic E-state index is 1.07. The molecule has 0 aromatic rings. The number of nitrogens with zero attached hydrogens (tertiary/aromatic N) is 1. The normalized spacial score (nSPS) is 13.0. The van der Waals surface area contributed by atoms with Crippen molar-refractivity contribution in [1.29, 1.82) is 0 Å². The van der Waals surface area contributed by atoms with Crippen molar-refractivity contribution in [3.63, 3.8) is 0 Å². The van der Waals surface area contributed by atoms with Crippen LogP contribution in [0.2, 0.25) is 19.6 Å². The molecule has 48 valence electrons. The molecule has 0 saturated carbocycles. The number of rotatable bonds is 2. The van der Waals surface area contributed by atoms with Crippen LogP contribution < -0.4 is 0 Å². The van der Waals surface area contributed by atoms with Crippen molar-refractivity contribution in [3.8, 4) is 0 Å². The number of hydrogen-bond acceptors (Lipinski definition) is 1. The molecule has 1 nitrogen and oxygen atoms in total. The van der Waals surface area contributed by atoms with Crippen LogP contribution in [0.3, 0.4) is 0 Å². The van der Waals surface area contributed by atoms with Gasteiger partial charge in [0.05, 0.1) is 0 Å². The maximum atomic E-state index is 4.39. The maximum Gasteiger partial charge on any atom is 0.171 e. The van der Waals surface area contributed by atoms with Crippen molar-refractivity contribution in [1.82, 2.24) is 0 Å². The lowest BCUT2D eigenvalue weighted by Crippen LogP contribution is -2.15. The Morgan fingerprint density at radius 1 is 1.38 bits per heavy atom. The van der Waals surface area contributed by atoms with Crippen molar-refractivity contribution < 1.29 is 0 Å². The van der Waals surface area contributed by atoms with Gasteiger partial charge in [-0.15, -0.1) is 0 Å². The molecule has 0 radical (unpaired) electrons. The molecule has 0 aromatic heterocycles. The molecule has 0 heterocycles. The van der Waals surface area contributed by atoms with Crippen molar-refractivity contribution in [2.24, 2.45) is 4.66 Å². The maximum absolute atomic E-state index is 4.39. The number of hydrogen-bond donors (Lipinski definition) is 0. The SMILES string of the molecule is CC/C=N/[Si](C)(C)C. The summed E-state index contributed by atoms with van der Waals surface area (Å²) in [6.07, 6.45) is 3.09. The molecule has 0 aliphatic heterocycles. The molecule has 0 aliphatic carbocycles. The van der Waals surface area contributed by atoms with Crippen LogP contribution in [0, 0.1) is 0 Å². The third-order valence-electron chi connectivity index (χ3n) is 0.661. The van der Waals surface area contributed by atoms with E-state index < -0.39 is 8.24 Å². The second kappa shape index (κ2) is 3.02. The van der Waals surface area contributed by atoms with Crippen LogP contribution in [0.5, 0.6) is 0 Å². The third-order valence-corrected chi connectivity index (χ3v) is 1.62. The highest BCUT2D eigenvalue weighted by atomic mass is 28.3. The van der Waals surface area contributed by atoms with Crippen molar-refractivity contribution in [2.45, 2.75) is 33.0 Å². The van der Waals surface area contributed by atoms with Crippen LogP contribution in [-0.4, -0.2) is 14.5 Å². The highest BCUT2D eigenvalue weighted by Gasteiger charge is 2.07. The summed E-state index contributed by atoms with van der Waals surface area (Å²) in [7, 11) is -1.11. The van der Waals surface area contributed by atoms with E-state index in [0.717, 1.165) is 6.42 Å². The summed E-state index contributed by atoms with van der Waals surface area (Å²) in [6.45, 7) is 8.82. The summed E-state index contributed by atoms with van der Waals surface area (Å²) >= 11 is 0. The lowest BCUT2D eigenvalue weighted by atomic mass is 10.6. The zero-order valence-corrected chi connectivity index (χ0v) is 7.23. The molecule has 0 aliphatic rings. The quantitative estimate of drug-likeness (QED) is 0.401. The summed E-state index contributed by atoms with van der Waals surface area (Å²) in [4.78, 5) is 0. The molecule has 0 atom stereocenters. The van der Waals surface area contributed by atoms with Crippen LogP contribution in [0.1, 0.15) is 13.3 Å². The highest BCUT2D eigenvalue weighted by Crippen LogP contribution is 1.99. The van der Waals surface area contributed by atoms with E-state index in [9.17, 15) is 0 Å². The van der Waals surface area contributed by atoms with Crippen LogP contribution >= 0.6 is 0 Å². The predicted octanol–water partition coefficient (Wildman–Crippen LogP) is 2.30. The van der Waals surface area contributed by atoms with E-state index in [1.54, 1.807) is 0 Å². The molecular weight excluding hydrogens is 114 g/mol. The van der Waals surface area contributed by atoms with Crippen molar-refractivity contribution in [2.75, 3.05) is 0 Å². The van der Waals surface area contributed by atoms with E-state index >= 15 is 0 Å². The summed E-state index contributed by atoms with van der Waals surface area (Å²) in [5.74, 6) is 0. The first-order valence-corrected chi connectivity index (χ1v) is 6.54. The second-order valence-electron chi connectivity index (χ2n) is 2.89. The monoisotopic (exact) mass is 129 g/mol. The zero-order valence-electron chi connectivity index (χ0n) is 6.23. The summed E-state index contributed by atoms with van der Waals surface area (Å²) in [5.41, 5.74) is 0. The predicted molar refractivity (Wildman–Crippen MR) is 42.1 cm³/mol. The Kier molecular flexibility index (Phi) is 2.98. The van der Waals surface area contributed by atoms with Gasteiger partial charge in [-0.3, -0.25) is 0 Å². The topological polar surface area (TPSA) is 12.4 Å². The summed E-state index contributed by atoms with van der Waals surface area (Å²) in [5, 5.41) is 0. The summed E-state index contributed by atoms with van der Waals surface area (Å²) < 4.78 is 4.39. The van der Waals surface area contributed by atoms with E-state index in [4.69, 9.17) is 0 Å². The molecule has 0 aromatic carbocycles. The van der Waals surface area contributed by atoms with Gasteiger partial charge in [0, 0.05) is 0 Å². The van der Waals surface area contributed by atoms with Crippen LogP contribution in [0.15, 0.2) is 4.66 Å². The van der Waals surface area contributed by atoms with E-state index in [1.165, 1.54) is 0 Å². The Morgan fingerprint density at radius 2 is 1.88 bits per heavy atom. The Bertz CT molecular complexity index is 81.0. The average molecular weight is 129 g/mol. The Morgan fingerprint density at radius 3 is 2.00 bits per heavy atom. The van der Waals surface area contributed by atoms with Gasteiger partial charge < -0.3 is 4.66 Å². The van der Waals surface area contributed by atoms with Gasteiger partial charge in [-0.25, -0.2) is 0 Å². The Balaban J connectivity index is 3.52. The smallest absolute Gasteiger partial charge is 0.171 e. The van der Waals surface area contributed by atoms with Gasteiger partial charge in [0.25, 0.3) is 0 Å². The molecule has 0 saturated heterocycles. The molecule has 2 heteroatoms. The van der Waals surface area contributed by atoms with Gasteiger partial charge in [-0.2, -0.15) is 0 Å². The Labute approximate surface area is 52.9 Å². The standard InChI is InChI=1S/C6H15NSi/c1-5-6-7-8(2,3)4/h6H,5H2,1-4H3/b7-6+. The Hall–Kier alpha value is -0.113. The minimum Gasteiger partial charge on any atom is -0.334 e. The molecular formula is C6H15NSi. The first-order chi connectivity index (χ1) is 3.56. The van der Waals surface area contributed by atoms with Crippen LogP contribution in [-0.2, 0) is 0 Å². The van der Waals surface area contributed by atoms with Gasteiger partial charge in [-0.05, 0) is 32.3 Å². The molecule has 0 bridgehead atoms. The van der Waals surface area contributed by atoms with E-state index in [1.807, 2.05) is 6.21 Å². The molecule has 0 rings (SSSR count). The van der Waals surface area contributed by atoms with Crippen molar-refractivity contribution >= 4 is 14.5 Å². The van der Waals surface area contributed by atoms with E-state index in [2.05, 4.69) is 31.2 Å². The molecule has 8 heavy (non-hydrogen) atoms. The van der Waals surface area contributed by atoms with Crippen molar-refractivity contribution in [3.05, 3.63) is 0 Å². The zero-order chi connectivity index (χ0) is 6.62. The lowest BCUT2D eigenvalue weighted by Gasteiger charge is -2.06. The molecule has 0 spiro atoms. The fourth-order valence-electron chi connectivity index (χ4n) is 0.365. The van der Waals surface area contributed by atoms with E-state index in [0.29, 0.717) is 0 Å². The second-order valence-corrected chi connectivity index (χ2v) is 7.49. The van der Waals surface area contributed by atoms with Crippen LogP contribution in [0.25, 0.3) is 0 Å². The molecule has 0 unspecified atom stereocenters. The van der Waals surface area contributed by atoms with Gasteiger partial charge in [0.1, 0.15) is 0 Å². The molecule has 0 N–H and O–H groups in total. The first-order valence-electron chi connectivity index (χ1n) is 3.10.